The third-order valence-corrected chi connectivity index (χ3v) is 3.31. The summed E-state index contributed by atoms with van der Waals surface area (Å²) in [5, 5.41) is 3.15. The SMILES string of the molecule is COc1ccc(Br)c(Nc2ncnc(OC(C)C)c2N)c1. The van der Waals surface area contributed by atoms with E-state index in [0.29, 0.717) is 17.4 Å². The fourth-order valence-electron chi connectivity index (χ4n) is 1.65. The highest BCUT2D eigenvalue weighted by Gasteiger charge is 2.12. The van der Waals surface area contributed by atoms with Crippen LogP contribution in [0, 0.1) is 0 Å². The van der Waals surface area contributed by atoms with Crippen LogP contribution >= 0.6 is 15.9 Å². The third-order valence-electron chi connectivity index (χ3n) is 2.62. The summed E-state index contributed by atoms with van der Waals surface area (Å²) in [6.45, 7) is 3.82. The van der Waals surface area contributed by atoms with E-state index >= 15 is 0 Å². The summed E-state index contributed by atoms with van der Waals surface area (Å²) in [5.74, 6) is 1.57. The van der Waals surface area contributed by atoms with E-state index in [1.54, 1.807) is 7.11 Å². The number of halogens is 1. The summed E-state index contributed by atoms with van der Waals surface area (Å²) in [6, 6.07) is 5.57. The number of nitrogens with zero attached hydrogens (tertiary/aromatic N) is 2. The van der Waals surface area contributed by atoms with Crippen LogP contribution in [0.15, 0.2) is 29.0 Å². The van der Waals surface area contributed by atoms with Crippen molar-refractivity contribution < 1.29 is 9.47 Å². The normalized spacial score (nSPS) is 10.5. The molecule has 21 heavy (non-hydrogen) atoms. The van der Waals surface area contributed by atoms with Crippen LogP contribution in [0.25, 0.3) is 0 Å². The molecule has 0 amide bonds. The molecule has 1 aromatic carbocycles. The quantitative estimate of drug-likeness (QED) is 0.858. The number of methoxy groups -OCH3 is 1. The van der Waals surface area contributed by atoms with Gasteiger partial charge in [0, 0.05) is 10.5 Å². The summed E-state index contributed by atoms with van der Waals surface area (Å²) in [6.07, 6.45) is 1.39. The fourth-order valence-corrected chi connectivity index (χ4v) is 2.00. The first-order chi connectivity index (χ1) is 10.0. The number of rotatable bonds is 5. The molecular formula is C14H17BrN4O2. The lowest BCUT2D eigenvalue weighted by Gasteiger charge is -2.14. The first-order valence-corrected chi connectivity index (χ1v) is 7.18. The maximum atomic E-state index is 6.04. The van der Waals surface area contributed by atoms with Crippen LogP contribution in [0.5, 0.6) is 11.6 Å². The molecule has 2 aromatic rings. The zero-order valence-electron chi connectivity index (χ0n) is 12.1. The molecule has 0 saturated carbocycles. The van der Waals surface area contributed by atoms with Gasteiger partial charge in [-0.1, -0.05) is 0 Å². The summed E-state index contributed by atoms with van der Waals surface area (Å²) >= 11 is 3.47. The lowest BCUT2D eigenvalue weighted by molar-refractivity contribution is 0.234. The lowest BCUT2D eigenvalue weighted by atomic mass is 10.3. The van der Waals surface area contributed by atoms with Crippen LogP contribution in [-0.2, 0) is 0 Å². The molecule has 7 heteroatoms. The van der Waals surface area contributed by atoms with Crippen molar-refractivity contribution in [3.8, 4) is 11.6 Å². The predicted octanol–water partition coefficient (Wildman–Crippen LogP) is 3.36. The minimum atomic E-state index is -0.0152. The van der Waals surface area contributed by atoms with E-state index in [9.17, 15) is 0 Å². The maximum Gasteiger partial charge on any atom is 0.242 e. The van der Waals surface area contributed by atoms with Crippen LogP contribution < -0.4 is 20.5 Å². The summed E-state index contributed by atoms with van der Waals surface area (Å²) in [5.41, 5.74) is 7.19. The van der Waals surface area contributed by atoms with Gasteiger partial charge in [0.15, 0.2) is 5.82 Å². The van der Waals surface area contributed by atoms with Gasteiger partial charge >= 0.3 is 0 Å². The summed E-state index contributed by atoms with van der Waals surface area (Å²) < 4.78 is 11.6. The lowest BCUT2D eigenvalue weighted by Crippen LogP contribution is -2.11. The van der Waals surface area contributed by atoms with Gasteiger partial charge in [-0.25, -0.2) is 4.98 Å². The third kappa shape index (κ3) is 3.75. The monoisotopic (exact) mass is 352 g/mol. The molecule has 0 saturated heterocycles. The Morgan fingerprint density at radius 1 is 1.29 bits per heavy atom. The molecule has 2 rings (SSSR count). The van der Waals surface area contributed by atoms with Crippen molar-refractivity contribution in [2.75, 3.05) is 18.2 Å². The van der Waals surface area contributed by atoms with E-state index in [4.69, 9.17) is 15.2 Å². The highest BCUT2D eigenvalue weighted by molar-refractivity contribution is 9.10. The molecule has 1 aromatic heterocycles. The molecule has 0 aliphatic heterocycles. The minimum Gasteiger partial charge on any atom is -0.497 e. The van der Waals surface area contributed by atoms with Crippen LogP contribution in [0.2, 0.25) is 0 Å². The second kappa shape index (κ2) is 6.62. The van der Waals surface area contributed by atoms with Crippen molar-refractivity contribution in [3.05, 3.63) is 29.0 Å². The highest BCUT2D eigenvalue weighted by atomic mass is 79.9. The molecule has 6 nitrogen and oxygen atoms in total. The molecule has 0 aliphatic carbocycles. The molecule has 0 aliphatic rings. The standard InChI is InChI=1S/C14H17BrN4O2/c1-8(2)21-14-12(16)13(17-7-18-14)19-11-6-9(20-3)4-5-10(11)15/h4-8H,16H2,1-3H3,(H,17,18,19). The molecule has 0 bridgehead atoms. The smallest absolute Gasteiger partial charge is 0.242 e. The van der Waals surface area contributed by atoms with Gasteiger partial charge in [0.1, 0.15) is 17.8 Å². The first-order valence-electron chi connectivity index (χ1n) is 6.39. The minimum absolute atomic E-state index is 0.0152. The molecular weight excluding hydrogens is 336 g/mol. The van der Waals surface area contributed by atoms with Crippen molar-refractivity contribution in [1.29, 1.82) is 0 Å². The van der Waals surface area contributed by atoms with Gasteiger partial charge in [-0.2, -0.15) is 4.98 Å². The second-order valence-electron chi connectivity index (χ2n) is 4.58. The van der Waals surface area contributed by atoms with Crippen LogP contribution in [0.3, 0.4) is 0 Å². The van der Waals surface area contributed by atoms with Crippen LogP contribution in [-0.4, -0.2) is 23.2 Å². The van der Waals surface area contributed by atoms with E-state index in [-0.39, 0.29) is 6.10 Å². The Morgan fingerprint density at radius 3 is 2.71 bits per heavy atom. The van der Waals surface area contributed by atoms with Gasteiger partial charge in [0.25, 0.3) is 0 Å². The van der Waals surface area contributed by atoms with Gasteiger partial charge in [-0.05, 0) is 41.9 Å². The second-order valence-corrected chi connectivity index (χ2v) is 5.43. The van der Waals surface area contributed by atoms with E-state index in [1.165, 1.54) is 6.33 Å². The average molecular weight is 353 g/mol. The van der Waals surface area contributed by atoms with E-state index in [1.807, 2.05) is 32.0 Å². The number of ether oxygens (including phenoxy) is 2. The molecule has 112 valence electrons. The molecule has 0 radical (unpaired) electrons. The van der Waals surface area contributed by atoms with E-state index < -0.39 is 0 Å². The topological polar surface area (TPSA) is 82.3 Å². The predicted molar refractivity (Wildman–Crippen MR) is 86.2 cm³/mol. The number of nitrogen functional groups attached to an aromatic ring is 1. The Balaban J connectivity index is 2.31. The van der Waals surface area contributed by atoms with Gasteiger partial charge in [-0.15, -0.1) is 0 Å². The number of hydrogen-bond donors (Lipinski definition) is 2. The Morgan fingerprint density at radius 2 is 2.05 bits per heavy atom. The zero-order valence-corrected chi connectivity index (χ0v) is 13.6. The Hall–Kier alpha value is -2.02. The van der Waals surface area contributed by atoms with Crippen molar-refractivity contribution in [2.24, 2.45) is 0 Å². The van der Waals surface area contributed by atoms with E-state index in [2.05, 4.69) is 31.2 Å². The van der Waals surface area contributed by atoms with Crippen LogP contribution in [0.4, 0.5) is 17.2 Å². The van der Waals surface area contributed by atoms with Crippen molar-refractivity contribution >= 4 is 33.1 Å². The molecule has 0 atom stereocenters. The molecule has 0 spiro atoms. The van der Waals surface area contributed by atoms with Gasteiger partial charge in [0.2, 0.25) is 5.88 Å². The van der Waals surface area contributed by atoms with Crippen molar-refractivity contribution in [1.82, 2.24) is 9.97 Å². The zero-order chi connectivity index (χ0) is 15.4. The fraction of sp³-hybridized carbons (Fsp3) is 0.286. The largest absolute Gasteiger partial charge is 0.497 e. The number of nitrogens with one attached hydrogen (secondary N) is 1. The number of anilines is 3. The number of aromatic nitrogens is 2. The number of hydrogen-bond acceptors (Lipinski definition) is 6. The molecule has 0 unspecified atom stereocenters. The van der Waals surface area contributed by atoms with Gasteiger partial charge < -0.3 is 20.5 Å². The number of benzene rings is 1. The molecule has 3 N–H and O–H groups in total. The van der Waals surface area contributed by atoms with E-state index in [0.717, 1.165) is 15.9 Å². The molecule has 0 fully saturated rings. The Labute approximate surface area is 131 Å². The van der Waals surface area contributed by atoms with Crippen molar-refractivity contribution in [2.45, 2.75) is 20.0 Å². The Kier molecular flexibility index (Phi) is 4.85. The first kappa shape index (κ1) is 15.4. The van der Waals surface area contributed by atoms with Crippen molar-refractivity contribution in [3.63, 3.8) is 0 Å². The van der Waals surface area contributed by atoms with Crippen LogP contribution in [0.1, 0.15) is 13.8 Å². The number of nitrogens with two attached hydrogens (primary N) is 1. The molecule has 1 heterocycles. The summed E-state index contributed by atoms with van der Waals surface area (Å²) in [7, 11) is 1.61. The highest BCUT2D eigenvalue weighted by Crippen LogP contribution is 2.33. The average Bonchev–Trinajstić information content (AvgIpc) is 2.45. The van der Waals surface area contributed by atoms with Gasteiger partial charge in [0.05, 0.1) is 18.9 Å². The Bertz CT molecular complexity index is 634. The maximum absolute atomic E-state index is 6.04. The summed E-state index contributed by atoms with van der Waals surface area (Å²) in [4.78, 5) is 8.19. The van der Waals surface area contributed by atoms with Gasteiger partial charge in [-0.3, -0.25) is 0 Å².